The van der Waals surface area contributed by atoms with Crippen LogP contribution >= 0.6 is 23.2 Å². The van der Waals surface area contributed by atoms with Crippen LogP contribution in [-0.4, -0.2) is 63.1 Å². The Hall–Kier alpha value is -0.747. The first-order chi connectivity index (χ1) is 20.1. The number of anilines is 1. The monoisotopic (exact) mass is 724 g/mol. The second-order valence-electron chi connectivity index (χ2n) is 8.21. The molecular formula is C27H33Cl2FK2N4O9. The summed E-state index contributed by atoms with van der Waals surface area (Å²) in [5.74, 6) is -2.67. The van der Waals surface area contributed by atoms with Crippen LogP contribution in [0.1, 0.15) is 40.2 Å². The van der Waals surface area contributed by atoms with Gasteiger partial charge >= 0.3 is 115 Å². The summed E-state index contributed by atoms with van der Waals surface area (Å²) in [5.41, 5.74) is 7.16. The molecule has 0 amide bonds. The average Bonchev–Trinajstić information content (AvgIpc) is 2.96. The van der Waals surface area contributed by atoms with E-state index < -0.39 is 36.2 Å². The molecular weight excluding hydrogens is 692 g/mol. The fraction of sp³-hybridized carbons (Fsp3) is 0.370. The SMILES string of the molecule is C[C@H](O)[C@@H](N)C(=O)O.O=CO[O-].[C-]#[N+]c1ccc(F)c(CC)c1Cl.[C-]#[N+]c1ccc(N[C@@H](C(=O)O)[C@H](C)O)c(CC)c1Cl.[H-].[K+].[K+]. The van der Waals surface area contributed by atoms with E-state index in [4.69, 9.17) is 67.5 Å². The van der Waals surface area contributed by atoms with Gasteiger partial charge in [-0.1, -0.05) is 49.2 Å². The van der Waals surface area contributed by atoms with Crippen LogP contribution in [0.3, 0.4) is 0 Å². The number of carbonyl (C=O) groups excluding carboxylic acids is 1. The van der Waals surface area contributed by atoms with Gasteiger partial charge in [-0.15, -0.1) is 0 Å². The van der Waals surface area contributed by atoms with E-state index in [-0.39, 0.29) is 122 Å². The molecule has 4 atom stereocenters. The number of hydrogen-bond donors (Lipinski definition) is 6. The molecule has 2 rings (SSSR count). The third kappa shape index (κ3) is 19.0. The number of aliphatic hydroxyl groups excluding tert-OH is 2. The number of carboxylic acid groups (broad SMARTS) is 2. The minimum absolute atomic E-state index is 0. The Labute approximate surface area is 357 Å². The summed E-state index contributed by atoms with van der Waals surface area (Å²) in [7, 11) is 0. The fourth-order valence-corrected chi connectivity index (χ4v) is 3.60. The Bertz CT molecular complexity index is 1320. The molecule has 0 bridgehead atoms. The number of nitrogens with one attached hydrogen (secondary N) is 1. The maximum atomic E-state index is 13.0. The zero-order valence-corrected chi connectivity index (χ0v) is 33.3. The van der Waals surface area contributed by atoms with Gasteiger partial charge in [0.2, 0.25) is 11.4 Å². The largest absolute Gasteiger partial charge is 1.00 e. The Kier molecular flexibility index (Phi) is 32.1. The Morgan fingerprint density at radius 2 is 1.42 bits per heavy atom. The van der Waals surface area contributed by atoms with E-state index in [0.717, 1.165) is 0 Å². The van der Waals surface area contributed by atoms with Crippen molar-refractivity contribution < 1.29 is 154 Å². The van der Waals surface area contributed by atoms with Crippen molar-refractivity contribution in [2.24, 2.45) is 5.73 Å². The maximum Gasteiger partial charge on any atom is 1.00 e. The molecule has 7 N–H and O–H groups in total. The zero-order chi connectivity index (χ0) is 33.9. The van der Waals surface area contributed by atoms with E-state index in [1.807, 2.05) is 6.92 Å². The minimum atomic E-state index is -1.18. The van der Waals surface area contributed by atoms with Crippen molar-refractivity contribution in [3.05, 3.63) is 74.1 Å². The van der Waals surface area contributed by atoms with E-state index >= 15 is 0 Å². The number of benzene rings is 2. The average molecular weight is 726 g/mol. The van der Waals surface area contributed by atoms with Crippen LogP contribution in [0.5, 0.6) is 0 Å². The summed E-state index contributed by atoms with van der Waals surface area (Å²) in [4.78, 5) is 38.6. The van der Waals surface area contributed by atoms with Crippen molar-refractivity contribution >= 4 is 58.7 Å². The number of carbonyl (C=O) groups is 3. The Morgan fingerprint density at radius 3 is 1.71 bits per heavy atom. The molecule has 18 heteroatoms. The van der Waals surface area contributed by atoms with Gasteiger partial charge in [-0.3, -0.25) is 9.59 Å². The number of nitrogens with two attached hydrogens (primary N) is 1. The summed E-state index contributed by atoms with van der Waals surface area (Å²) >= 11 is 11.9. The van der Waals surface area contributed by atoms with Crippen LogP contribution in [-0.2, 0) is 32.1 Å². The molecule has 0 heterocycles. The number of rotatable bonds is 9. The van der Waals surface area contributed by atoms with Crippen LogP contribution in [0.25, 0.3) is 9.69 Å². The standard InChI is InChI=1S/C13H15ClN2O3.C9H7ClFN.C4H9NO3.CH2O3.2K.H/c1-4-8-9(5-6-10(15-3)11(8)14)16-12(7(2)17)13(18)19;1-3-6-7(11)4-5-8(12-2)9(6)10;1-2(6)3(5)4(7)8;2-1-4-3;;;/h5-7,12,16-17H,4H2,1-2H3,(H,18,19);4-5H,3H2,1H3;2-3,6H,5H2,1H3,(H,7,8);1,3H;;;/q;;;;2*+1;-1/p-1/t7-,12+;;2-,3+;;;;/m0.0..../s1. The van der Waals surface area contributed by atoms with E-state index in [1.54, 1.807) is 13.0 Å². The van der Waals surface area contributed by atoms with Crippen LogP contribution in [0.4, 0.5) is 21.5 Å². The first-order valence-electron chi connectivity index (χ1n) is 12.2. The van der Waals surface area contributed by atoms with Gasteiger partial charge in [0.1, 0.15) is 11.9 Å². The van der Waals surface area contributed by atoms with E-state index in [2.05, 4.69) is 19.9 Å². The van der Waals surface area contributed by atoms with Crippen molar-refractivity contribution in [1.82, 2.24) is 0 Å². The fourth-order valence-electron chi connectivity index (χ4n) is 2.93. The van der Waals surface area contributed by atoms with Gasteiger partial charge in [-0.25, -0.2) is 18.9 Å². The zero-order valence-electron chi connectivity index (χ0n) is 26.5. The molecule has 0 aliphatic rings. The molecule has 0 aromatic heterocycles. The molecule has 0 spiro atoms. The van der Waals surface area contributed by atoms with Crippen molar-refractivity contribution in [2.45, 2.75) is 64.8 Å². The third-order valence-electron chi connectivity index (χ3n) is 5.24. The molecule has 0 aliphatic heterocycles. The topological polar surface area (TPSA) is 211 Å². The quantitative estimate of drug-likeness (QED) is 0.0529. The molecule has 0 saturated carbocycles. The van der Waals surface area contributed by atoms with Gasteiger partial charge in [-0.05, 0) is 49.9 Å². The van der Waals surface area contributed by atoms with Crippen molar-refractivity contribution in [3.63, 3.8) is 0 Å². The summed E-state index contributed by atoms with van der Waals surface area (Å²) in [6.45, 7) is 19.9. The third-order valence-corrected chi connectivity index (χ3v) is 6.08. The van der Waals surface area contributed by atoms with Crippen molar-refractivity contribution in [1.29, 1.82) is 0 Å². The molecule has 0 unspecified atom stereocenters. The number of hydrogen-bond acceptors (Lipinski definition) is 9. The van der Waals surface area contributed by atoms with Crippen LogP contribution < -0.4 is 119 Å². The summed E-state index contributed by atoms with van der Waals surface area (Å²) < 4.78 is 13.0. The number of aliphatic hydroxyl groups is 2. The predicted octanol–water partition coefficient (Wildman–Crippen LogP) is -2.37. The molecule has 2 aromatic rings. The normalized spacial score (nSPS) is 11.8. The number of carboxylic acids is 2. The molecule has 0 aliphatic carbocycles. The molecule has 0 fully saturated rings. The molecule has 13 nitrogen and oxygen atoms in total. The molecule has 238 valence electrons. The maximum absolute atomic E-state index is 13.0. The molecule has 2 aromatic carbocycles. The van der Waals surface area contributed by atoms with Crippen molar-refractivity contribution in [2.75, 3.05) is 5.32 Å². The van der Waals surface area contributed by atoms with Gasteiger partial charge < -0.3 is 43.0 Å². The summed E-state index contributed by atoms with van der Waals surface area (Å²) in [6.07, 6.45) is -0.973. The van der Waals surface area contributed by atoms with Gasteiger partial charge in [0.05, 0.1) is 35.4 Å². The smallest absolute Gasteiger partial charge is 1.00 e. The second-order valence-corrected chi connectivity index (χ2v) is 8.97. The first-order valence-corrected chi connectivity index (χ1v) is 12.9. The Morgan fingerprint density at radius 1 is 1.00 bits per heavy atom. The number of nitrogens with zero attached hydrogens (tertiary/aromatic N) is 2. The molecule has 0 saturated heterocycles. The van der Waals surface area contributed by atoms with Gasteiger partial charge in [0.25, 0.3) is 6.47 Å². The number of aliphatic carboxylic acids is 2. The number of halogens is 3. The molecule has 45 heavy (non-hydrogen) atoms. The van der Waals surface area contributed by atoms with E-state index in [0.29, 0.717) is 46.1 Å². The van der Waals surface area contributed by atoms with Crippen LogP contribution in [0, 0.1) is 19.0 Å². The van der Waals surface area contributed by atoms with Crippen molar-refractivity contribution in [3.8, 4) is 0 Å². The van der Waals surface area contributed by atoms with E-state index in [9.17, 15) is 19.1 Å². The van der Waals surface area contributed by atoms with E-state index in [1.165, 1.54) is 32.0 Å². The Balaban J connectivity index is -0.000000179. The second kappa shape index (κ2) is 28.3. The van der Waals surface area contributed by atoms with Crippen LogP contribution in [0.2, 0.25) is 10.0 Å². The summed E-state index contributed by atoms with van der Waals surface area (Å²) in [6, 6.07) is 3.52. The first kappa shape index (κ1) is 51.1. The predicted molar refractivity (Wildman–Crippen MR) is 156 cm³/mol. The van der Waals surface area contributed by atoms with Crippen LogP contribution in [0.15, 0.2) is 24.3 Å². The minimum Gasteiger partial charge on any atom is -1.00 e. The van der Waals surface area contributed by atoms with Gasteiger partial charge in [0.15, 0.2) is 6.04 Å². The van der Waals surface area contributed by atoms with Gasteiger partial charge in [-0.2, -0.15) is 0 Å². The summed E-state index contributed by atoms with van der Waals surface area (Å²) in [5, 5.41) is 46.8. The van der Waals surface area contributed by atoms with Gasteiger partial charge in [0, 0.05) is 5.69 Å². The molecule has 0 radical (unpaired) electrons.